The van der Waals surface area contributed by atoms with E-state index in [0.29, 0.717) is 17.9 Å². The molecule has 4 rings (SSSR count). The first kappa shape index (κ1) is 26.2. The van der Waals surface area contributed by atoms with E-state index in [9.17, 15) is 14.0 Å². The number of benzene rings is 2. The normalized spacial score (nSPS) is 12.4. The van der Waals surface area contributed by atoms with Gasteiger partial charge in [0.25, 0.3) is 5.56 Å². The fourth-order valence-corrected chi connectivity index (χ4v) is 4.59. The Morgan fingerprint density at radius 1 is 1.16 bits per heavy atom. The van der Waals surface area contributed by atoms with Gasteiger partial charge in [-0.15, -0.1) is 5.10 Å². The highest BCUT2D eigenvalue weighted by Gasteiger charge is 2.30. The van der Waals surface area contributed by atoms with Crippen molar-refractivity contribution in [1.82, 2.24) is 30.1 Å². The fraction of sp³-hybridized carbons (Fsp3) is 0.370. The zero-order chi connectivity index (χ0) is 26.5. The van der Waals surface area contributed by atoms with Crippen molar-refractivity contribution in [2.75, 3.05) is 6.61 Å². The highest BCUT2D eigenvalue weighted by molar-refractivity contribution is 5.81. The van der Waals surface area contributed by atoms with Gasteiger partial charge >= 0.3 is 5.97 Å². The van der Waals surface area contributed by atoms with Crippen molar-refractivity contribution < 1.29 is 13.9 Å². The quantitative estimate of drug-likeness (QED) is 0.325. The molecular weight excluding hydrogens is 475 g/mol. The summed E-state index contributed by atoms with van der Waals surface area (Å²) in [6.45, 7) is 8.56. The summed E-state index contributed by atoms with van der Waals surface area (Å²) in [5.74, 6) is -0.271. The van der Waals surface area contributed by atoms with Gasteiger partial charge in [0.05, 0.1) is 18.2 Å². The number of aromatic nitrogens is 5. The zero-order valence-corrected chi connectivity index (χ0v) is 21.4. The van der Waals surface area contributed by atoms with Gasteiger partial charge in [-0.1, -0.05) is 44.2 Å². The molecule has 0 aliphatic rings. The van der Waals surface area contributed by atoms with E-state index < -0.39 is 5.97 Å². The molecule has 2 heterocycles. The molecule has 10 heteroatoms. The van der Waals surface area contributed by atoms with Gasteiger partial charge in [0, 0.05) is 18.7 Å². The number of hydrogen-bond acceptors (Lipinski definition) is 7. The molecule has 1 unspecified atom stereocenters. The minimum absolute atomic E-state index is 0.00850. The lowest BCUT2D eigenvalue weighted by atomic mass is 9.99. The smallest absolute Gasteiger partial charge is 0.327 e. The number of aryl methyl sites for hydroxylation is 1. The SMILES string of the molecule is CCOC(=O)Cn1nnnc1C(C(C)C)N(Cc1ccc(F)cc1)Cc1cc2cccc(C)c2[nH]c1=O. The molecule has 0 saturated carbocycles. The first-order valence-corrected chi connectivity index (χ1v) is 12.3. The predicted molar refractivity (Wildman–Crippen MR) is 137 cm³/mol. The summed E-state index contributed by atoms with van der Waals surface area (Å²) in [4.78, 5) is 30.4. The Morgan fingerprint density at radius 3 is 2.62 bits per heavy atom. The number of aromatic amines is 1. The van der Waals surface area contributed by atoms with Gasteiger partial charge in [-0.25, -0.2) is 9.07 Å². The number of nitrogens with one attached hydrogen (secondary N) is 1. The molecule has 2 aromatic carbocycles. The van der Waals surface area contributed by atoms with Crippen LogP contribution in [0.4, 0.5) is 4.39 Å². The molecule has 194 valence electrons. The number of pyridine rings is 1. The first-order chi connectivity index (χ1) is 17.8. The standard InChI is InChI=1S/C27H31FN6O3/c1-5-37-23(35)16-34-26(30-31-32-34)25(17(2)3)33(14-19-9-11-22(28)12-10-19)15-21-13-20-8-6-7-18(4)24(20)29-27(21)36/h6-13,17,25H,5,14-16H2,1-4H3,(H,29,36). The lowest BCUT2D eigenvalue weighted by Gasteiger charge is -2.33. The van der Waals surface area contributed by atoms with Gasteiger partial charge in [-0.3, -0.25) is 14.5 Å². The average molecular weight is 507 g/mol. The van der Waals surface area contributed by atoms with E-state index in [1.807, 2.05) is 45.0 Å². The van der Waals surface area contributed by atoms with Crippen molar-refractivity contribution in [1.29, 1.82) is 0 Å². The summed E-state index contributed by atoms with van der Waals surface area (Å²) < 4.78 is 20.1. The highest BCUT2D eigenvalue weighted by atomic mass is 19.1. The van der Waals surface area contributed by atoms with Crippen molar-refractivity contribution >= 4 is 16.9 Å². The number of fused-ring (bicyclic) bond motifs is 1. The van der Waals surface area contributed by atoms with Crippen LogP contribution in [0.3, 0.4) is 0 Å². The van der Waals surface area contributed by atoms with Crippen molar-refractivity contribution in [2.45, 2.75) is 53.4 Å². The number of tetrazole rings is 1. The van der Waals surface area contributed by atoms with E-state index in [4.69, 9.17) is 4.74 Å². The summed E-state index contributed by atoms with van der Waals surface area (Å²) in [5.41, 5.74) is 3.06. The second kappa shape index (κ2) is 11.4. The van der Waals surface area contributed by atoms with Gasteiger partial charge in [0.2, 0.25) is 0 Å². The number of nitrogens with zero attached hydrogens (tertiary/aromatic N) is 5. The molecule has 0 fully saturated rings. The van der Waals surface area contributed by atoms with E-state index in [1.54, 1.807) is 19.1 Å². The second-order valence-corrected chi connectivity index (χ2v) is 9.38. The van der Waals surface area contributed by atoms with Crippen LogP contribution in [-0.4, -0.2) is 42.7 Å². The molecule has 0 amide bonds. The van der Waals surface area contributed by atoms with Gasteiger partial charge in [0.15, 0.2) is 5.82 Å². The predicted octanol–water partition coefficient (Wildman–Crippen LogP) is 3.92. The van der Waals surface area contributed by atoms with E-state index >= 15 is 0 Å². The van der Waals surface area contributed by atoms with Gasteiger partial charge < -0.3 is 9.72 Å². The summed E-state index contributed by atoms with van der Waals surface area (Å²) >= 11 is 0. The van der Waals surface area contributed by atoms with Gasteiger partial charge in [-0.2, -0.15) is 0 Å². The Hall–Kier alpha value is -3.92. The lowest BCUT2D eigenvalue weighted by molar-refractivity contribution is -0.144. The molecular formula is C27H31FN6O3. The second-order valence-electron chi connectivity index (χ2n) is 9.38. The molecule has 1 atom stereocenters. The van der Waals surface area contributed by atoms with Crippen LogP contribution < -0.4 is 5.56 Å². The number of carbonyl (C=O) groups is 1. The fourth-order valence-electron chi connectivity index (χ4n) is 4.59. The maximum atomic E-state index is 13.6. The third kappa shape index (κ3) is 6.08. The monoisotopic (exact) mass is 506 g/mol. The van der Waals surface area contributed by atoms with Crippen molar-refractivity contribution in [2.24, 2.45) is 5.92 Å². The summed E-state index contributed by atoms with van der Waals surface area (Å²) in [7, 11) is 0. The molecule has 0 bridgehead atoms. The molecule has 0 spiro atoms. The lowest BCUT2D eigenvalue weighted by Crippen LogP contribution is -2.35. The maximum Gasteiger partial charge on any atom is 0.327 e. The molecule has 0 aliphatic carbocycles. The first-order valence-electron chi connectivity index (χ1n) is 12.3. The Balaban J connectivity index is 1.76. The highest BCUT2D eigenvalue weighted by Crippen LogP contribution is 2.30. The Morgan fingerprint density at radius 2 is 1.92 bits per heavy atom. The largest absolute Gasteiger partial charge is 0.465 e. The van der Waals surface area contributed by atoms with Crippen molar-refractivity contribution in [3.8, 4) is 0 Å². The minimum atomic E-state index is -0.440. The molecule has 4 aromatic rings. The summed E-state index contributed by atoms with van der Waals surface area (Å²) in [6, 6.07) is 13.7. The zero-order valence-electron chi connectivity index (χ0n) is 21.4. The minimum Gasteiger partial charge on any atom is -0.465 e. The van der Waals surface area contributed by atoms with Crippen LogP contribution in [0.2, 0.25) is 0 Å². The average Bonchev–Trinajstić information content (AvgIpc) is 3.29. The van der Waals surface area contributed by atoms with Crippen LogP contribution >= 0.6 is 0 Å². The molecule has 1 N–H and O–H groups in total. The third-order valence-corrected chi connectivity index (χ3v) is 6.27. The third-order valence-electron chi connectivity index (χ3n) is 6.27. The van der Waals surface area contributed by atoms with Crippen LogP contribution in [0.5, 0.6) is 0 Å². The molecule has 9 nitrogen and oxygen atoms in total. The van der Waals surface area contributed by atoms with Gasteiger partial charge in [-0.05, 0) is 64.9 Å². The molecule has 0 saturated heterocycles. The van der Waals surface area contributed by atoms with E-state index in [2.05, 4.69) is 25.4 Å². The van der Waals surface area contributed by atoms with E-state index in [-0.39, 0.29) is 43.0 Å². The van der Waals surface area contributed by atoms with E-state index in [0.717, 1.165) is 22.0 Å². The Bertz CT molecular complexity index is 1430. The number of rotatable bonds is 10. The van der Waals surface area contributed by atoms with Crippen LogP contribution in [0.15, 0.2) is 53.3 Å². The summed E-state index contributed by atoms with van der Waals surface area (Å²) in [5, 5.41) is 13.0. The topological polar surface area (TPSA) is 106 Å². The Labute approximate surface area is 214 Å². The number of esters is 1. The molecule has 37 heavy (non-hydrogen) atoms. The van der Waals surface area contributed by atoms with Crippen LogP contribution in [0, 0.1) is 18.7 Å². The van der Waals surface area contributed by atoms with Crippen molar-refractivity contribution in [3.05, 3.63) is 87.2 Å². The summed E-state index contributed by atoms with van der Waals surface area (Å²) in [6.07, 6.45) is 0. The van der Waals surface area contributed by atoms with Crippen molar-refractivity contribution in [3.63, 3.8) is 0 Å². The number of halogens is 1. The number of H-pyrrole nitrogens is 1. The number of ether oxygens (including phenoxy) is 1. The van der Waals surface area contributed by atoms with E-state index in [1.165, 1.54) is 16.8 Å². The number of para-hydroxylation sites is 1. The number of carbonyl (C=O) groups excluding carboxylic acids is 1. The maximum absolute atomic E-state index is 13.6. The molecule has 0 aliphatic heterocycles. The van der Waals surface area contributed by atoms with Gasteiger partial charge in [0.1, 0.15) is 12.4 Å². The van der Waals surface area contributed by atoms with Crippen LogP contribution in [0.25, 0.3) is 10.9 Å². The Kier molecular flexibility index (Phi) is 8.08. The number of hydrogen-bond donors (Lipinski definition) is 1. The molecule has 0 radical (unpaired) electrons. The van der Waals surface area contributed by atoms with Crippen LogP contribution in [-0.2, 0) is 29.2 Å². The van der Waals surface area contributed by atoms with Crippen LogP contribution in [0.1, 0.15) is 49.3 Å². The molecule has 2 aromatic heterocycles.